The number of carbonyl (C=O) groups is 1. The highest BCUT2D eigenvalue weighted by Crippen LogP contribution is 2.30. The number of hydrogen-bond acceptors (Lipinski definition) is 6. The zero-order valence-corrected chi connectivity index (χ0v) is 14.5. The van der Waals surface area contributed by atoms with Crippen LogP contribution >= 0.6 is 11.3 Å². The van der Waals surface area contributed by atoms with Crippen LogP contribution in [0.25, 0.3) is 11.1 Å². The van der Waals surface area contributed by atoms with E-state index < -0.39 is 0 Å². The van der Waals surface area contributed by atoms with Crippen molar-refractivity contribution >= 4 is 28.3 Å². The van der Waals surface area contributed by atoms with Crippen LogP contribution in [0.5, 0.6) is 0 Å². The molecule has 1 aliphatic heterocycles. The van der Waals surface area contributed by atoms with E-state index in [2.05, 4.69) is 15.1 Å². The van der Waals surface area contributed by atoms with E-state index in [0.717, 1.165) is 35.5 Å². The van der Waals surface area contributed by atoms with Crippen LogP contribution in [0, 0.1) is 13.8 Å². The van der Waals surface area contributed by atoms with Crippen LogP contribution in [0.1, 0.15) is 45.5 Å². The van der Waals surface area contributed by atoms with Gasteiger partial charge in [-0.3, -0.25) is 4.79 Å². The zero-order valence-electron chi connectivity index (χ0n) is 13.7. The summed E-state index contributed by atoms with van der Waals surface area (Å²) in [7, 11) is 0. The van der Waals surface area contributed by atoms with Gasteiger partial charge in [-0.2, -0.15) is 0 Å². The highest BCUT2D eigenvalue weighted by Gasteiger charge is 2.29. The third-order valence-corrected chi connectivity index (χ3v) is 5.42. The van der Waals surface area contributed by atoms with E-state index in [0.29, 0.717) is 29.4 Å². The van der Waals surface area contributed by atoms with Gasteiger partial charge in [-0.05, 0) is 32.8 Å². The smallest absolute Gasteiger partial charge is 0.258 e. The molecule has 24 heavy (non-hydrogen) atoms. The molecule has 3 aromatic rings. The Kier molecular flexibility index (Phi) is 3.80. The number of carbonyl (C=O) groups excluding carboxylic acids is 1. The fourth-order valence-corrected chi connectivity index (χ4v) is 4.12. The van der Waals surface area contributed by atoms with Crippen LogP contribution < -0.4 is 0 Å². The first-order valence-corrected chi connectivity index (χ1v) is 8.93. The molecule has 1 aliphatic rings. The Morgan fingerprint density at radius 1 is 1.42 bits per heavy atom. The molecule has 0 aromatic carbocycles. The van der Waals surface area contributed by atoms with Gasteiger partial charge in [0.25, 0.3) is 11.6 Å². The van der Waals surface area contributed by atoms with Crippen LogP contribution in [-0.2, 0) is 0 Å². The van der Waals surface area contributed by atoms with Crippen LogP contribution in [0.15, 0.2) is 22.2 Å². The normalized spacial score (nSPS) is 18.2. The SMILES string of the molecule is Cc1cc(C(=O)N2CCC[C@@H](c3nccs3)C2)c2c(C)noc2n1. The number of rotatable bonds is 2. The van der Waals surface area contributed by atoms with Crippen LogP contribution in [-0.4, -0.2) is 39.0 Å². The van der Waals surface area contributed by atoms with Crippen molar-refractivity contribution in [1.82, 2.24) is 20.0 Å². The summed E-state index contributed by atoms with van der Waals surface area (Å²) in [6, 6.07) is 1.84. The number of aromatic nitrogens is 3. The summed E-state index contributed by atoms with van der Waals surface area (Å²) in [6.45, 7) is 5.18. The second kappa shape index (κ2) is 5.98. The first-order valence-electron chi connectivity index (χ1n) is 8.06. The van der Waals surface area contributed by atoms with Gasteiger partial charge in [-0.1, -0.05) is 5.16 Å². The number of fused-ring (bicyclic) bond motifs is 1. The lowest BCUT2D eigenvalue weighted by molar-refractivity contribution is 0.0709. The number of pyridine rings is 1. The highest BCUT2D eigenvalue weighted by atomic mass is 32.1. The summed E-state index contributed by atoms with van der Waals surface area (Å²) in [5, 5.41) is 7.80. The van der Waals surface area contributed by atoms with Gasteiger partial charge in [0.1, 0.15) is 0 Å². The van der Waals surface area contributed by atoms with E-state index in [1.165, 1.54) is 0 Å². The monoisotopic (exact) mass is 342 g/mol. The Labute approximate surface area is 143 Å². The molecule has 4 rings (SSSR count). The van der Waals surface area contributed by atoms with Crippen LogP contribution in [0.3, 0.4) is 0 Å². The number of hydrogen-bond donors (Lipinski definition) is 0. The Morgan fingerprint density at radius 3 is 3.08 bits per heavy atom. The fourth-order valence-electron chi connectivity index (χ4n) is 3.36. The Morgan fingerprint density at radius 2 is 2.29 bits per heavy atom. The van der Waals surface area contributed by atoms with Crippen molar-refractivity contribution < 1.29 is 9.32 Å². The summed E-state index contributed by atoms with van der Waals surface area (Å²) in [6.07, 6.45) is 3.90. The second-order valence-electron chi connectivity index (χ2n) is 6.22. The standard InChI is InChI=1S/C17H18N4O2S/c1-10-8-13(14-11(2)20-23-15(14)19-10)17(22)21-6-3-4-12(9-21)16-18-5-7-24-16/h5,7-8,12H,3-4,6,9H2,1-2H3/t12-/m1/s1. The predicted molar refractivity (Wildman–Crippen MR) is 91.3 cm³/mol. The van der Waals surface area contributed by atoms with E-state index >= 15 is 0 Å². The molecule has 6 nitrogen and oxygen atoms in total. The van der Waals surface area contributed by atoms with E-state index in [4.69, 9.17) is 4.52 Å². The molecule has 7 heteroatoms. The summed E-state index contributed by atoms with van der Waals surface area (Å²) < 4.78 is 5.25. The number of piperidine rings is 1. The van der Waals surface area contributed by atoms with Crippen molar-refractivity contribution in [2.45, 2.75) is 32.6 Å². The molecule has 3 aromatic heterocycles. The molecule has 0 spiro atoms. The minimum atomic E-state index is 0.0260. The molecule has 1 fully saturated rings. The Balaban J connectivity index is 1.67. The Hall–Kier alpha value is -2.28. The Bertz CT molecular complexity index is 888. The lowest BCUT2D eigenvalue weighted by Gasteiger charge is -2.32. The topological polar surface area (TPSA) is 72.1 Å². The van der Waals surface area contributed by atoms with Crippen molar-refractivity contribution in [3.63, 3.8) is 0 Å². The van der Waals surface area contributed by atoms with Crippen molar-refractivity contribution in [2.75, 3.05) is 13.1 Å². The van der Waals surface area contributed by atoms with E-state index in [1.807, 2.05) is 36.4 Å². The van der Waals surface area contributed by atoms with Crippen molar-refractivity contribution in [3.8, 4) is 0 Å². The summed E-state index contributed by atoms with van der Waals surface area (Å²) >= 11 is 1.66. The van der Waals surface area contributed by atoms with Gasteiger partial charge < -0.3 is 9.42 Å². The summed E-state index contributed by atoms with van der Waals surface area (Å²) in [5.41, 5.74) is 2.53. The molecule has 0 aliphatic carbocycles. The predicted octanol–water partition coefficient (Wildman–Crippen LogP) is 3.32. The average Bonchev–Trinajstić information content (AvgIpc) is 3.24. The first-order chi connectivity index (χ1) is 11.6. The molecular weight excluding hydrogens is 324 g/mol. The number of thiazole rings is 1. The van der Waals surface area contributed by atoms with Gasteiger partial charge in [-0.15, -0.1) is 11.3 Å². The highest BCUT2D eigenvalue weighted by molar-refractivity contribution is 7.09. The molecule has 1 atom stereocenters. The maximum atomic E-state index is 13.1. The largest absolute Gasteiger partial charge is 0.338 e. The number of amides is 1. The summed E-state index contributed by atoms with van der Waals surface area (Å²) in [4.78, 5) is 23.8. The lowest BCUT2D eigenvalue weighted by atomic mass is 9.97. The average molecular weight is 342 g/mol. The lowest BCUT2D eigenvalue weighted by Crippen LogP contribution is -2.39. The van der Waals surface area contributed by atoms with Gasteiger partial charge >= 0.3 is 0 Å². The van der Waals surface area contributed by atoms with Crippen molar-refractivity contribution in [3.05, 3.63) is 39.6 Å². The van der Waals surface area contributed by atoms with Crippen LogP contribution in [0.4, 0.5) is 0 Å². The molecule has 0 unspecified atom stereocenters. The minimum absolute atomic E-state index is 0.0260. The van der Waals surface area contributed by atoms with Gasteiger partial charge in [0, 0.05) is 36.3 Å². The summed E-state index contributed by atoms with van der Waals surface area (Å²) in [5.74, 6) is 0.350. The molecule has 0 saturated carbocycles. The molecule has 0 N–H and O–H groups in total. The third-order valence-electron chi connectivity index (χ3n) is 4.48. The molecule has 1 saturated heterocycles. The minimum Gasteiger partial charge on any atom is -0.338 e. The molecule has 4 heterocycles. The molecule has 1 amide bonds. The van der Waals surface area contributed by atoms with E-state index in [1.54, 1.807) is 11.3 Å². The van der Waals surface area contributed by atoms with E-state index in [9.17, 15) is 4.79 Å². The molecular formula is C17H18N4O2S. The zero-order chi connectivity index (χ0) is 16.7. The maximum absolute atomic E-state index is 13.1. The number of aryl methyl sites for hydroxylation is 2. The molecule has 0 radical (unpaired) electrons. The quantitative estimate of drug-likeness (QED) is 0.714. The second-order valence-corrected chi connectivity index (χ2v) is 7.15. The fraction of sp³-hybridized carbons (Fsp3) is 0.412. The van der Waals surface area contributed by atoms with Crippen LogP contribution in [0.2, 0.25) is 0 Å². The van der Waals surface area contributed by atoms with Gasteiger partial charge in [0.15, 0.2) is 0 Å². The van der Waals surface area contributed by atoms with E-state index in [-0.39, 0.29) is 5.91 Å². The molecule has 0 bridgehead atoms. The number of likely N-dealkylation sites (tertiary alicyclic amines) is 1. The molecule has 124 valence electrons. The number of nitrogens with zero attached hydrogens (tertiary/aromatic N) is 4. The van der Waals surface area contributed by atoms with Gasteiger partial charge in [0.05, 0.1) is 21.7 Å². The van der Waals surface area contributed by atoms with Gasteiger partial charge in [0.2, 0.25) is 0 Å². The van der Waals surface area contributed by atoms with Crippen molar-refractivity contribution in [1.29, 1.82) is 0 Å². The maximum Gasteiger partial charge on any atom is 0.258 e. The third kappa shape index (κ3) is 2.58. The van der Waals surface area contributed by atoms with Gasteiger partial charge in [-0.25, -0.2) is 9.97 Å². The first kappa shape index (κ1) is 15.3. The van der Waals surface area contributed by atoms with Crippen molar-refractivity contribution in [2.24, 2.45) is 0 Å².